The Bertz CT molecular complexity index is 491. The van der Waals surface area contributed by atoms with E-state index < -0.39 is 5.97 Å². The first-order valence-corrected chi connectivity index (χ1v) is 7.44. The first-order valence-electron chi connectivity index (χ1n) is 7.44. The molecule has 1 unspecified atom stereocenters. The number of nitrogens with zero attached hydrogens (tertiary/aromatic N) is 2. The number of hydrogen-bond donors (Lipinski definition) is 2. The molecule has 6 heteroatoms. The summed E-state index contributed by atoms with van der Waals surface area (Å²) in [4.78, 5) is 18.3. The number of nitrogens with two attached hydrogens (primary N) is 1. The molecule has 21 heavy (non-hydrogen) atoms. The summed E-state index contributed by atoms with van der Waals surface area (Å²) in [6.07, 6.45) is 4.52. The Hall–Kier alpha value is -1.82. The highest BCUT2D eigenvalue weighted by atomic mass is 16.5. The molecular formula is C15H23N3O3. The molecule has 1 aromatic rings. The average molecular weight is 293 g/mol. The van der Waals surface area contributed by atoms with E-state index in [1.54, 1.807) is 19.2 Å². The highest BCUT2D eigenvalue weighted by molar-refractivity contribution is 5.97. The fourth-order valence-electron chi connectivity index (χ4n) is 2.78. The Morgan fingerprint density at radius 2 is 2.43 bits per heavy atom. The van der Waals surface area contributed by atoms with Gasteiger partial charge in [-0.05, 0) is 38.2 Å². The normalized spacial score (nSPS) is 18.6. The zero-order chi connectivity index (χ0) is 15.2. The monoisotopic (exact) mass is 293 g/mol. The molecule has 0 radical (unpaired) electrons. The van der Waals surface area contributed by atoms with Gasteiger partial charge in [0.1, 0.15) is 0 Å². The number of nitrogen functional groups attached to an aromatic ring is 1. The Kier molecular flexibility index (Phi) is 5.38. The van der Waals surface area contributed by atoms with Crippen LogP contribution in [0.4, 0.5) is 11.5 Å². The minimum Gasteiger partial charge on any atom is -0.462 e. The predicted octanol–water partition coefficient (Wildman–Crippen LogP) is 1.44. The van der Waals surface area contributed by atoms with E-state index in [1.165, 1.54) is 0 Å². The number of anilines is 2. The molecule has 0 amide bonds. The molecular weight excluding hydrogens is 270 g/mol. The van der Waals surface area contributed by atoms with E-state index >= 15 is 0 Å². The van der Waals surface area contributed by atoms with Crippen molar-refractivity contribution in [2.24, 2.45) is 5.92 Å². The van der Waals surface area contributed by atoms with Crippen LogP contribution in [0.3, 0.4) is 0 Å². The van der Waals surface area contributed by atoms with Crippen LogP contribution >= 0.6 is 0 Å². The van der Waals surface area contributed by atoms with E-state index in [4.69, 9.17) is 15.6 Å². The van der Waals surface area contributed by atoms with Gasteiger partial charge in [0.25, 0.3) is 0 Å². The lowest BCUT2D eigenvalue weighted by molar-refractivity contribution is 0.0527. The van der Waals surface area contributed by atoms with Gasteiger partial charge in [0.2, 0.25) is 0 Å². The zero-order valence-corrected chi connectivity index (χ0v) is 12.4. The van der Waals surface area contributed by atoms with Gasteiger partial charge in [0, 0.05) is 25.9 Å². The molecule has 0 spiro atoms. The molecule has 2 rings (SSSR count). The van der Waals surface area contributed by atoms with Crippen LogP contribution in [0, 0.1) is 5.92 Å². The quantitative estimate of drug-likeness (QED) is 0.799. The third-order valence-electron chi connectivity index (χ3n) is 3.82. The molecule has 1 aromatic heterocycles. The second-order valence-corrected chi connectivity index (χ2v) is 5.28. The fraction of sp³-hybridized carbons (Fsp3) is 0.600. The van der Waals surface area contributed by atoms with Gasteiger partial charge in [-0.25, -0.2) is 9.78 Å². The molecule has 3 N–H and O–H groups in total. The Labute approximate surface area is 124 Å². The van der Waals surface area contributed by atoms with E-state index in [1.807, 2.05) is 0 Å². The van der Waals surface area contributed by atoms with Crippen LogP contribution in [0.5, 0.6) is 0 Å². The number of esters is 1. The first kappa shape index (κ1) is 15.6. The van der Waals surface area contributed by atoms with E-state index in [2.05, 4.69) is 9.88 Å². The SMILES string of the molecule is CCOC(=O)c1ccnc(N2CCCC(CCO)C2)c1N. The van der Waals surface area contributed by atoms with Crippen LogP contribution in [-0.4, -0.2) is 42.4 Å². The van der Waals surface area contributed by atoms with Crippen LogP contribution in [0.1, 0.15) is 36.5 Å². The lowest BCUT2D eigenvalue weighted by atomic mass is 9.95. The minimum atomic E-state index is -0.414. The number of hydrogen-bond acceptors (Lipinski definition) is 6. The Morgan fingerprint density at radius 3 is 3.14 bits per heavy atom. The summed E-state index contributed by atoms with van der Waals surface area (Å²) in [5.41, 5.74) is 6.85. The number of carbonyl (C=O) groups excluding carboxylic acids is 1. The number of pyridine rings is 1. The highest BCUT2D eigenvalue weighted by Gasteiger charge is 2.24. The predicted molar refractivity (Wildman–Crippen MR) is 81.2 cm³/mol. The number of aliphatic hydroxyl groups is 1. The van der Waals surface area contributed by atoms with Crippen molar-refractivity contribution in [3.63, 3.8) is 0 Å². The minimum absolute atomic E-state index is 0.199. The van der Waals surface area contributed by atoms with Crippen LogP contribution in [0.2, 0.25) is 0 Å². The third-order valence-corrected chi connectivity index (χ3v) is 3.82. The summed E-state index contributed by atoms with van der Waals surface area (Å²) >= 11 is 0. The highest BCUT2D eigenvalue weighted by Crippen LogP contribution is 2.29. The van der Waals surface area contributed by atoms with Crippen molar-refractivity contribution in [3.05, 3.63) is 17.8 Å². The lowest BCUT2D eigenvalue weighted by Gasteiger charge is -2.34. The number of piperidine rings is 1. The molecule has 116 valence electrons. The van der Waals surface area contributed by atoms with Crippen LogP contribution in [-0.2, 0) is 4.74 Å². The molecule has 1 aliphatic heterocycles. The summed E-state index contributed by atoms with van der Waals surface area (Å²) in [6.45, 7) is 3.96. The number of carbonyl (C=O) groups is 1. The van der Waals surface area contributed by atoms with Crippen molar-refractivity contribution in [3.8, 4) is 0 Å². The van der Waals surface area contributed by atoms with E-state index in [-0.39, 0.29) is 6.61 Å². The molecule has 0 saturated carbocycles. The summed E-state index contributed by atoms with van der Waals surface area (Å²) in [5.74, 6) is 0.668. The second-order valence-electron chi connectivity index (χ2n) is 5.28. The van der Waals surface area contributed by atoms with Crippen LogP contribution in [0.15, 0.2) is 12.3 Å². The summed E-state index contributed by atoms with van der Waals surface area (Å²) < 4.78 is 5.01. The molecule has 6 nitrogen and oxygen atoms in total. The maximum atomic E-state index is 11.9. The average Bonchev–Trinajstić information content (AvgIpc) is 2.48. The van der Waals surface area contributed by atoms with Gasteiger partial charge in [-0.1, -0.05) is 0 Å². The van der Waals surface area contributed by atoms with Crippen molar-refractivity contribution < 1.29 is 14.6 Å². The van der Waals surface area contributed by atoms with E-state index in [0.29, 0.717) is 29.6 Å². The van der Waals surface area contributed by atoms with Crippen molar-refractivity contribution in [1.29, 1.82) is 0 Å². The standard InChI is InChI=1S/C15H23N3O3/c1-2-21-15(20)12-5-7-17-14(13(12)16)18-8-3-4-11(10-18)6-9-19/h5,7,11,19H,2-4,6,8-10,16H2,1H3. The second kappa shape index (κ2) is 7.26. The largest absolute Gasteiger partial charge is 0.462 e. The maximum absolute atomic E-state index is 11.9. The molecule has 0 aromatic carbocycles. The summed E-state index contributed by atoms with van der Waals surface area (Å²) in [5, 5.41) is 9.09. The maximum Gasteiger partial charge on any atom is 0.340 e. The van der Waals surface area contributed by atoms with Gasteiger partial charge < -0.3 is 20.5 Å². The Morgan fingerprint density at radius 1 is 1.62 bits per heavy atom. The van der Waals surface area contributed by atoms with Crippen LogP contribution in [0.25, 0.3) is 0 Å². The van der Waals surface area contributed by atoms with Gasteiger partial charge in [-0.15, -0.1) is 0 Å². The summed E-state index contributed by atoms with van der Waals surface area (Å²) in [6, 6.07) is 1.59. The van der Waals surface area contributed by atoms with Gasteiger partial charge in [-0.3, -0.25) is 0 Å². The Balaban J connectivity index is 2.19. The van der Waals surface area contributed by atoms with Crippen molar-refractivity contribution in [1.82, 2.24) is 4.98 Å². The molecule has 0 aliphatic carbocycles. The van der Waals surface area contributed by atoms with Crippen molar-refractivity contribution in [2.75, 3.05) is 36.9 Å². The van der Waals surface area contributed by atoms with Gasteiger partial charge in [0.05, 0.1) is 17.9 Å². The van der Waals surface area contributed by atoms with Gasteiger partial charge in [-0.2, -0.15) is 0 Å². The van der Waals surface area contributed by atoms with E-state index in [0.717, 1.165) is 32.4 Å². The van der Waals surface area contributed by atoms with Crippen molar-refractivity contribution >= 4 is 17.5 Å². The smallest absolute Gasteiger partial charge is 0.340 e. The number of aromatic nitrogens is 1. The molecule has 1 atom stereocenters. The molecule has 1 fully saturated rings. The van der Waals surface area contributed by atoms with Crippen LogP contribution < -0.4 is 10.6 Å². The number of rotatable bonds is 5. The number of aliphatic hydroxyl groups excluding tert-OH is 1. The summed E-state index contributed by atoms with van der Waals surface area (Å²) in [7, 11) is 0. The topological polar surface area (TPSA) is 88.7 Å². The van der Waals surface area contributed by atoms with Crippen molar-refractivity contribution in [2.45, 2.75) is 26.2 Å². The molecule has 1 aliphatic rings. The zero-order valence-electron chi connectivity index (χ0n) is 12.4. The molecule has 0 bridgehead atoms. The fourth-order valence-corrected chi connectivity index (χ4v) is 2.78. The third kappa shape index (κ3) is 3.64. The molecule has 1 saturated heterocycles. The lowest BCUT2D eigenvalue weighted by Crippen LogP contribution is -2.37. The van der Waals surface area contributed by atoms with Gasteiger partial charge >= 0.3 is 5.97 Å². The first-order chi connectivity index (χ1) is 10.2. The number of ether oxygens (including phenoxy) is 1. The van der Waals surface area contributed by atoms with E-state index in [9.17, 15) is 4.79 Å². The van der Waals surface area contributed by atoms with Gasteiger partial charge in [0.15, 0.2) is 5.82 Å². The molecule has 2 heterocycles.